The number of fused-ring (bicyclic) bond motifs is 1. The zero-order valence-electron chi connectivity index (χ0n) is 17.5. The van der Waals surface area contributed by atoms with Crippen LogP contribution in [0.5, 0.6) is 0 Å². The van der Waals surface area contributed by atoms with Gasteiger partial charge in [-0.2, -0.15) is 16.8 Å². The summed E-state index contributed by atoms with van der Waals surface area (Å²) < 4.78 is 89.1. The van der Waals surface area contributed by atoms with Crippen molar-refractivity contribution in [3.8, 4) is 0 Å². The van der Waals surface area contributed by atoms with E-state index in [0.717, 1.165) is 23.4 Å². The molecule has 0 aliphatic carbocycles. The number of hydrogen-bond donors (Lipinski definition) is 2. The molecule has 0 amide bonds. The molecule has 172 valence electrons. The molecule has 3 rings (SSSR count). The number of hydrogen-bond acceptors (Lipinski definition) is 9. The van der Waals surface area contributed by atoms with Gasteiger partial charge in [-0.05, 0) is 29.3 Å². The number of ether oxygens (including phenoxy) is 3. The fourth-order valence-electron chi connectivity index (χ4n) is 3.41. The summed E-state index contributed by atoms with van der Waals surface area (Å²) in [6.07, 6.45) is -7.03. The average molecular weight is 501 g/mol. The zero-order valence-corrected chi connectivity index (χ0v) is 21.2. The Morgan fingerprint density at radius 1 is 0.906 bits per heavy atom. The maximum atomic E-state index is 11.4. The van der Waals surface area contributed by atoms with Crippen molar-refractivity contribution < 1.29 is 78.1 Å². The first-order valence-electron chi connectivity index (χ1n) is 9.06. The molecule has 2 N–H and O–H groups in total. The fraction of sp³-hybridized carbons (Fsp3) is 0.444. The van der Waals surface area contributed by atoms with Gasteiger partial charge in [0.25, 0.3) is 0 Å². The van der Waals surface area contributed by atoms with Gasteiger partial charge in [-0.25, -0.2) is 8.37 Å². The van der Waals surface area contributed by atoms with Gasteiger partial charge in [0.05, 0.1) is 12.7 Å². The van der Waals surface area contributed by atoms with Gasteiger partial charge >= 0.3 is 50.4 Å². The van der Waals surface area contributed by atoms with Crippen molar-refractivity contribution in [3.05, 3.63) is 48.0 Å². The molecule has 0 saturated carbocycles. The number of methoxy groups -OCH3 is 1. The molecule has 0 aromatic heterocycles. The Bertz CT molecular complexity index is 1120. The SMILES string of the molecule is CO[C@@H]1O[C@@H](C)[C@H](OCc2ccc3ccccc3c2)[C@@H](OS(=O)(=O)O)[C@H]1OS(=O)(=O)O.[Na+]. The molecule has 0 radical (unpaired) electrons. The molecule has 0 unspecified atom stereocenters. The molecular formula is C18H22NaO11S2+. The largest absolute Gasteiger partial charge is 1.00 e. The van der Waals surface area contributed by atoms with E-state index in [9.17, 15) is 21.4 Å². The molecule has 14 heteroatoms. The van der Waals surface area contributed by atoms with Crippen LogP contribution in [0.2, 0.25) is 0 Å². The van der Waals surface area contributed by atoms with Crippen molar-refractivity contribution >= 4 is 31.6 Å². The van der Waals surface area contributed by atoms with Crippen LogP contribution in [-0.4, -0.2) is 63.8 Å². The van der Waals surface area contributed by atoms with Crippen molar-refractivity contribution in [2.75, 3.05) is 7.11 Å². The van der Waals surface area contributed by atoms with Crippen LogP contribution in [0.4, 0.5) is 0 Å². The third kappa shape index (κ3) is 7.41. The van der Waals surface area contributed by atoms with Crippen LogP contribution >= 0.6 is 0 Å². The smallest absolute Gasteiger partial charge is 0.368 e. The van der Waals surface area contributed by atoms with Crippen molar-refractivity contribution in [2.24, 2.45) is 0 Å². The second-order valence-electron chi connectivity index (χ2n) is 6.88. The monoisotopic (exact) mass is 501 g/mol. The summed E-state index contributed by atoms with van der Waals surface area (Å²) in [4.78, 5) is 0. The Labute approximate surface area is 208 Å². The fourth-order valence-corrected chi connectivity index (χ4v) is 4.39. The van der Waals surface area contributed by atoms with Gasteiger partial charge in [0.15, 0.2) is 12.4 Å². The first kappa shape index (κ1) is 27.6. The molecule has 1 aliphatic heterocycles. The third-order valence-electron chi connectivity index (χ3n) is 4.68. The summed E-state index contributed by atoms with van der Waals surface area (Å²) in [7, 11) is -8.97. The van der Waals surface area contributed by atoms with E-state index in [1.54, 1.807) is 6.07 Å². The van der Waals surface area contributed by atoms with E-state index >= 15 is 0 Å². The predicted octanol–water partition coefficient (Wildman–Crippen LogP) is -1.50. The van der Waals surface area contributed by atoms with Crippen molar-refractivity contribution in [1.82, 2.24) is 0 Å². The van der Waals surface area contributed by atoms with E-state index in [2.05, 4.69) is 8.37 Å². The van der Waals surface area contributed by atoms with Crippen molar-refractivity contribution in [3.63, 3.8) is 0 Å². The molecule has 0 spiro atoms. The Balaban J connectivity index is 0.00000363. The first-order chi connectivity index (χ1) is 14.5. The molecule has 2 aromatic carbocycles. The average Bonchev–Trinajstić information content (AvgIpc) is 2.67. The quantitative estimate of drug-likeness (QED) is 0.321. The minimum absolute atomic E-state index is 0. The molecular weight excluding hydrogens is 479 g/mol. The molecule has 11 nitrogen and oxygen atoms in total. The van der Waals surface area contributed by atoms with Gasteiger partial charge in [-0.15, -0.1) is 0 Å². The van der Waals surface area contributed by atoms with Crippen LogP contribution in [0.25, 0.3) is 10.8 Å². The van der Waals surface area contributed by atoms with Crippen LogP contribution < -0.4 is 29.6 Å². The van der Waals surface area contributed by atoms with Crippen LogP contribution in [-0.2, 0) is 50.0 Å². The molecule has 1 aliphatic rings. The Morgan fingerprint density at radius 2 is 1.50 bits per heavy atom. The molecule has 1 fully saturated rings. The summed E-state index contributed by atoms with van der Waals surface area (Å²) in [5.41, 5.74) is 0.734. The van der Waals surface area contributed by atoms with Crippen LogP contribution in [0.1, 0.15) is 12.5 Å². The molecule has 32 heavy (non-hydrogen) atoms. The van der Waals surface area contributed by atoms with E-state index in [4.69, 9.17) is 18.8 Å². The number of rotatable bonds is 8. The standard InChI is InChI=1S/C18H22O11S2.Na/c1-11-15(26-10-12-7-8-13-5-3-4-6-14(13)9-12)16(28-30(19,20)21)17(18(25-2)27-11)29-31(22,23)24;/h3-9,11,15-18H,10H2,1-2H3,(H,19,20,21)(H,22,23,24);/q;+1/t11-,15-,16+,17+,18+;/m0./s1. The zero-order chi connectivity index (χ0) is 22.8. The Kier molecular flexibility index (Phi) is 9.62. The van der Waals surface area contributed by atoms with Gasteiger partial charge in [0, 0.05) is 7.11 Å². The summed E-state index contributed by atoms with van der Waals surface area (Å²) in [5.74, 6) is 0. The minimum atomic E-state index is -5.06. The van der Waals surface area contributed by atoms with Gasteiger partial charge in [0.1, 0.15) is 12.2 Å². The Morgan fingerprint density at radius 3 is 2.09 bits per heavy atom. The first-order valence-corrected chi connectivity index (χ1v) is 11.8. The second-order valence-corrected chi connectivity index (χ2v) is 8.98. The molecule has 1 saturated heterocycles. The van der Waals surface area contributed by atoms with E-state index in [-0.39, 0.29) is 36.2 Å². The van der Waals surface area contributed by atoms with Crippen molar-refractivity contribution in [2.45, 2.75) is 44.2 Å². The summed E-state index contributed by atoms with van der Waals surface area (Å²) >= 11 is 0. The maximum absolute atomic E-state index is 11.4. The summed E-state index contributed by atoms with van der Waals surface area (Å²) in [5, 5.41) is 1.96. The predicted molar refractivity (Wildman–Crippen MR) is 107 cm³/mol. The second kappa shape index (κ2) is 11.2. The topological polar surface area (TPSA) is 155 Å². The third-order valence-corrected chi connectivity index (χ3v) is 5.61. The van der Waals surface area contributed by atoms with Gasteiger partial charge in [0.2, 0.25) is 0 Å². The molecule has 5 atom stereocenters. The Hall–Kier alpha value is -0.680. The summed E-state index contributed by atoms with van der Waals surface area (Å²) in [6, 6.07) is 13.2. The van der Waals surface area contributed by atoms with E-state index in [0.29, 0.717) is 0 Å². The summed E-state index contributed by atoms with van der Waals surface area (Å²) in [6.45, 7) is 1.49. The number of benzene rings is 2. The molecule has 1 heterocycles. The van der Waals surface area contributed by atoms with E-state index in [1.807, 2.05) is 36.4 Å². The van der Waals surface area contributed by atoms with Crippen LogP contribution in [0.15, 0.2) is 42.5 Å². The van der Waals surface area contributed by atoms with E-state index in [1.165, 1.54) is 6.92 Å². The van der Waals surface area contributed by atoms with Crippen LogP contribution in [0.3, 0.4) is 0 Å². The van der Waals surface area contributed by atoms with Gasteiger partial charge in [-0.3, -0.25) is 9.11 Å². The minimum Gasteiger partial charge on any atom is -0.368 e. The van der Waals surface area contributed by atoms with Gasteiger partial charge < -0.3 is 14.2 Å². The maximum Gasteiger partial charge on any atom is 1.00 e. The van der Waals surface area contributed by atoms with Crippen LogP contribution in [0, 0.1) is 0 Å². The van der Waals surface area contributed by atoms with E-state index < -0.39 is 51.5 Å². The normalized spacial score (nSPS) is 26.6. The molecule has 2 aromatic rings. The van der Waals surface area contributed by atoms with Gasteiger partial charge in [-0.1, -0.05) is 36.4 Å². The van der Waals surface area contributed by atoms with Crippen molar-refractivity contribution in [1.29, 1.82) is 0 Å². The molecule has 0 bridgehead atoms.